The van der Waals surface area contributed by atoms with Crippen molar-refractivity contribution in [2.75, 3.05) is 6.54 Å². The minimum atomic E-state index is -5.07. The number of aliphatic hydroxyl groups is 1. The van der Waals surface area contributed by atoms with E-state index < -0.39 is 47.1 Å². The molecule has 1 amide bonds. The van der Waals surface area contributed by atoms with Gasteiger partial charge in [0, 0.05) is 5.56 Å². The summed E-state index contributed by atoms with van der Waals surface area (Å²) in [5, 5.41) is 13.0. The lowest BCUT2D eigenvalue weighted by atomic mass is 9.93. The van der Waals surface area contributed by atoms with Gasteiger partial charge in [0.1, 0.15) is 5.60 Å². The number of halogens is 6. The molecular weight excluding hydrogens is 448 g/mol. The maximum absolute atomic E-state index is 13.0. The maximum Gasteiger partial charge on any atom is 0.416 e. The zero-order valence-corrected chi connectivity index (χ0v) is 17.3. The molecule has 0 aliphatic heterocycles. The molecule has 0 aromatic heterocycles. The number of hydrogen-bond acceptors (Lipinski definition) is 2. The Morgan fingerprint density at radius 2 is 1.24 bits per heavy atom. The van der Waals surface area contributed by atoms with Crippen LogP contribution in [0, 0.1) is 0 Å². The molecule has 0 spiro atoms. The second-order valence-electron chi connectivity index (χ2n) is 7.69. The van der Waals surface area contributed by atoms with E-state index >= 15 is 0 Å². The summed E-state index contributed by atoms with van der Waals surface area (Å²) in [5.74, 6) is -1.17. The monoisotopic (exact) mass is 467 g/mol. The number of alkyl halides is 6. The first-order valence-electron chi connectivity index (χ1n) is 9.73. The molecule has 3 rings (SSSR count). The molecule has 0 saturated heterocycles. The van der Waals surface area contributed by atoms with Crippen molar-refractivity contribution in [1.29, 1.82) is 0 Å². The molecular formula is C24H19F6NO2. The Labute approximate surface area is 185 Å². The third-order valence-electron chi connectivity index (χ3n) is 5.06. The average molecular weight is 467 g/mol. The van der Waals surface area contributed by atoms with Gasteiger partial charge in [0.05, 0.1) is 17.7 Å². The predicted molar refractivity (Wildman–Crippen MR) is 110 cm³/mol. The predicted octanol–water partition coefficient (Wildman–Crippen LogP) is 6.03. The normalized spacial score (nSPS) is 13.9. The molecule has 1 unspecified atom stereocenters. The van der Waals surface area contributed by atoms with E-state index in [1.54, 1.807) is 24.3 Å². The van der Waals surface area contributed by atoms with Crippen molar-refractivity contribution < 1.29 is 36.2 Å². The molecule has 0 radical (unpaired) electrons. The van der Waals surface area contributed by atoms with Gasteiger partial charge < -0.3 is 10.4 Å². The van der Waals surface area contributed by atoms with Crippen LogP contribution in [0.25, 0.3) is 11.1 Å². The molecule has 3 nitrogen and oxygen atoms in total. The molecule has 0 bridgehead atoms. The summed E-state index contributed by atoms with van der Waals surface area (Å²) in [4.78, 5) is 12.4. The van der Waals surface area contributed by atoms with Gasteiger partial charge in [0.2, 0.25) is 0 Å². The molecule has 174 valence electrons. The quantitative estimate of drug-likeness (QED) is 0.451. The third kappa shape index (κ3) is 5.92. The van der Waals surface area contributed by atoms with Crippen LogP contribution in [0.1, 0.15) is 34.0 Å². The highest BCUT2D eigenvalue weighted by Crippen LogP contribution is 2.36. The van der Waals surface area contributed by atoms with Gasteiger partial charge in [-0.1, -0.05) is 54.6 Å². The fourth-order valence-electron chi connectivity index (χ4n) is 3.19. The smallest absolute Gasteiger partial charge is 0.384 e. The zero-order chi connectivity index (χ0) is 24.4. The SMILES string of the molecule is CC(O)(CNC(=O)c1cc(C(F)(F)F)cc(C(F)(F)F)c1)c1ccc(-c2ccccc2)cc1. The first kappa shape index (κ1) is 24.3. The minimum Gasteiger partial charge on any atom is -0.384 e. The molecule has 0 aliphatic rings. The fraction of sp³-hybridized carbons (Fsp3) is 0.208. The lowest BCUT2D eigenvalue weighted by Gasteiger charge is -2.25. The van der Waals surface area contributed by atoms with Crippen molar-refractivity contribution in [3.63, 3.8) is 0 Å². The molecule has 0 heterocycles. The van der Waals surface area contributed by atoms with Gasteiger partial charge in [-0.05, 0) is 41.8 Å². The van der Waals surface area contributed by atoms with Crippen molar-refractivity contribution in [3.05, 3.63) is 95.1 Å². The number of rotatable bonds is 5. The molecule has 3 aromatic rings. The number of carbonyl (C=O) groups excluding carboxylic acids is 1. The number of amides is 1. The van der Waals surface area contributed by atoms with Gasteiger partial charge in [0.15, 0.2) is 0 Å². The number of carbonyl (C=O) groups is 1. The summed E-state index contributed by atoms with van der Waals surface area (Å²) in [6.07, 6.45) is -10.1. The molecule has 0 fully saturated rings. The van der Waals surface area contributed by atoms with E-state index in [-0.39, 0.29) is 6.07 Å². The summed E-state index contributed by atoms with van der Waals surface area (Å²) in [5.41, 5.74) is -3.39. The molecule has 33 heavy (non-hydrogen) atoms. The van der Waals surface area contributed by atoms with Crippen molar-refractivity contribution in [1.82, 2.24) is 5.32 Å². The van der Waals surface area contributed by atoms with Crippen LogP contribution in [0.2, 0.25) is 0 Å². The Morgan fingerprint density at radius 3 is 1.73 bits per heavy atom. The standard InChI is InChI=1S/C24H19F6NO2/c1-22(33,18-9-7-16(8-10-18)15-5-3-2-4-6-15)14-31-21(32)17-11-19(23(25,26)27)13-20(12-17)24(28,29)30/h2-13,33H,14H2,1H3,(H,31,32). The molecule has 0 aliphatic carbocycles. The second-order valence-corrected chi connectivity index (χ2v) is 7.69. The summed E-state index contributed by atoms with van der Waals surface area (Å²) in [6, 6.07) is 16.8. The molecule has 3 aromatic carbocycles. The van der Waals surface area contributed by atoms with E-state index in [0.29, 0.717) is 17.7 Å². The van der Waals surface area contributed by atoms with E-state index in [1.165, 1.54) is 6.92 Å². The third-order valence-corrected chi connectivity index (χ3v) is 5.06. The first-order valence-corrected chi connectivity index (χ1v) is 9.73. The summed E-state index contributed by atoms with van der Waals surface area (Å²) in [7, 11) is 0. The lowest BCUT2D eigenvalue weighted by molar-refractivity contribution is -0.143. The van der Waals surface area contributed by atoms with E-state index in [2.05, 4.69) is 5.32 Å². The Kier molecular flexibility index (Phi) is 6.56. The van der Waals surface area contributed by atoms with Crippen LogP contribution >= 0.6 is 0 Å². The summed E-state index contributed by atoms with van der Waals surface area (Å²) < 4.78 is 78.1. The minimum absolute atomic E-state index is 0.0543. The largest absolute Gasteiger partial charge is 0.416 e. The molecule has 1 atom stereocenters. The van der Waals surface area contributed by atoms with E-state index in [0.717, 1.165) is 11.1 Å². The highest BCUT2D eigenvalue weighted by molar-refractivity contribution is 5.94. The van der Waals surface area contributed by atoms with Gasteiger partial charge >= 0.3 is 12.4 Å². The van der Waals surface area contributed by atoms with Gasteiger partial charge in [-0.25, -0.2) is 0 Å². The lowest BCUT2D eigenvalue weighted by Crippen LogP contribution is -2.38. The van der Waals surface area contributed by atoms with Crippen molar-refractivity contribution in [2.24, 2.45) is 0 Å². The number of nitrogens with one attached hydrogen (secondary N) is 1. The van der Waals surface area contributed by atoms with Gasteiger partial charge in [-0.15, -0.1) is 0 Å². The van der Waals surface area contributed by atoms with Gasteiger partial charge in [-0.3, -0.25) is 4.79 Å². The number of benzene rings is 3. The number of hydrogen-bond donors (Lipinski definition) is 2. The van der Waals surface area contributed by atoms with Gasteiger partial charge in [-0.2, -0.15) is 26.3 Å². The average Bonchev–Trinajstić information content (AvgIpc) is 2.77. The Bertz CT molecular complexity index is 1090. The highest BCUT2D eigenvalue weighted by Gasteiger charge is 2.37. The highest BCUT2D eigenvalue weighted by atomic mass is 19.4. The van der Waals surface area contributed by atoms with E-state index in [4.69, 9.17) is 0 Å². The maximum atomic E-state index is 13.0. The Balaban J connectivity index is 1.78. The Morgan fingerprint density at radius 1 is 0.758 bits per heavy atom. The van der Waals surface area contributed by atoms with Crippen molar-refractivity contribution in [3.8, 4) is 11.1 Å². The van der Waals surface area contributed by atoms with Crippen LogP contribution in [-0.2, 0) is 18.0 Å². The topological polar surface area (TPSA) is 49.3 Å². The molecule has 0 saturated carbocycles. The van der Waals surface area contributed by atoms with Crippen LogP contribution in [0.5, 0.6) is 0 Å². The van der Waals surface area contributed by atoms with Gasteiger partial charge in [0.25, 0.3) is 5.91 Å². The molecule has 2 N–H and O–H groups in total. The zero-order valence-electron chi connectivity index (χ0n) is 17.3. The van der Waals surface area contributed by atoms with Crippen LogP contribution < -0.4 is 5.32 Å². The van der Waals surface area contributed by atoms with E-state index in [1.807, 2.05) is 30.3 Å². The van der Waals surface area contributed by atoms with Crippen LogP contribution in [-0.4, -0.2) is 17.6 Å². The van der Waals surface area contributed by atoms with Crippen molar-refractivity contribution in [2.45, 2.75) is 24.9 Å². The molecule has 9 heteroatoms. The fourth-order valence-corrected chi connectivity index (χ4v) is 3.19. The van der Waals surface area contributed by atoms with Crippen LogP contribution in [0.4, 0.5) is 26.3 Å². The van der Waals surface area contributed by atoms with Crippen LogP contribution in [0.15, 0.2) is 72.8 Å². The Hall–Kier alpha value is -3.33. The van der Waals surface area contributed by atoms with E-state index in [9.17, 15) is 36.2 Å². The summed E-state index contributed by atoms with van der Waals surface area (Å²) in [6.45, 7) is 0.937. The summed E-state index contributed by atoms with van der Waals surface area (Å²) >= 11 is 0. The first-order chi connectivity index (χ1) is 15.3. The second kappa shape index (κ2) is 8.90. The van der Waals surface area contributed by atoms with Crippen LogP contribution in [0.3, 0.4) is 0 Å². The van der Waals surface area contributed by atoms with Crippen molar-refractivity contribution >= 4 is 5.91 Å².